The van der Waals surface area contributed by atoms with Gasteiger partial charge in [0.05, 0.1) is 17.5 Å². The summed E-state index contributed by atoms with van der Waals surface area (Å²) in [5.41, 5.74) is -0.268. The van der Waals surface area contributed by atoms with Crippen molar-refractivity contribution in [3.05, 3.63) is 47.5 Å². The molecule has 0 saturated heterocycles. The minimum atomic E-state index is -4.39. The Labute approximate surface area is 117 Å². The Morgan fingerprint density at radius 1 is 1.33 bits per heavy atom. The Morgan fingerprint density at radius 3 is 2.43 bits per heavy atom. The number of carbonyl (C=O) groups is 1. The average Bonchev–Trinajstić information content (AvgIpc) is 2.77. The van der Waals surface area contributed by atoms with Gasteiger partial charge in [-0.2, -0.15) is 13.2 Å². The van der Waals surface area contributed by atoms with Crippen molar-refractivity contribution in [1.29, 1.82) is 0 Å². The summed E-state index contributed by atoms with van der Waals surface area (Å²) in [6.07, 6.45) is -3.05. The van der Waals surface area contributed by atoms with Crippen LogP contribution < -0.4 is 4.74 Å². The molecule has 2 aromatic rings. The molecule has 0 bridgehead atoms. The number of aromatic carboxylic acids is 1. The summed E-state index contributed by atoms with van der Waals surface area (Å²) in [4.78, 5) is 14.5. The Hall–Kier alpha value is -2.51. The molecule has 5 nitrogen and oxygen atoms in total. The summed E-state index contributed by atoms with van der Waals surface area (Å²) in [6, 6.07) is 4.25. The third-order valence-electron chi connectivity index (χ3n) is 2.84. The highest BCUT2D eigenvalue weighted by Crippen LogP contribution is 2.30. The Morgan fingerprint density at radius 2 is 1.95 bits per heavy atom. The zero-order valence-electron chi connectivity index (χ0n) is 10.9. The van der Waals surface area contributed by atoms with E-state index in [4.69, 9.17) is 9.84 Å². The maximum atomic E-state index is 12.4. The van der Waals surface area contributed by atoms with Crippen molar-refractivity contribution in [2.45, 2.75) is 12.8 Å². The Balaban J connectivity index is 2.05. The maximum absolute atomic E-state index is 12.4. The molecule has 0 radical (unpaired) electrons. The second-order valence-electron chi connectivity index (χ2n) is 4.25. The van der Waals surface area contributed by atoms with Crippen LogP contribution in [0.5, 0.6) is 5.75 Å². The number of rotatable bonds is 4. The van der Waals surface area contributed by atoms with Crippen molar-refractivity contribution < 1.29 is 27.8 Å². The van der Waals surface area contributed by atoms with Crippen molar-refractivity contribution in [3.63, 3.8) is 0 Å². The van der Waals surface area contributed by atoms with Crippen LogP contribution >= 0.6 is 0 Å². The fraction of sp³-hybridized carbons (Fsp3) is 0.231. The first kappa shape index (κ1) is 14.9. The van der Waals surface area contributed by atoms with Crippen LogP contribution in [-0.4, -0.2) is 20.6 Å². The minimum Gasteiger partial charge on any atom is -0.487 e. The molecular weight excluding hydrogens is 289 g/mol. The lowest BCUT2D eigenvalue weighted by Crippen LogP contribution is -2.09. The van der Waals surface area contributed by atoms with Crippen LogP contribution in [0.4, 0.5) is 13.2 Å². The standard InChI is InChI=1S/C13H11F3N2O3/c1-18-9(6-17-11(18)12(19)20)7-21-10-4-2-8(3-5-10)13(14,15)16/h2-6H,7H2,1H3,(H,19,20). The molecule has 112 valence electrons. The lowest BCUT2D eigenvalue weighted by Gasteiger charge is -2.09. The quantitative estimate of drug-likeness (QED) is 0.943. The van der Waals surface area contributed by atoms with Crippen molar-refractivity contribution >= 4 is 5.97 Å². The zero-order chi connectivity index (χ0) is 15.6. The number of halogens is 3. The number of imidazole rings is 1. The van der Waals surface area contributed by atoms with E-state index >= 15 is 0 Å². The largest absolute Gasteiger partial charge is 0.487 e. The normalized spacial score (nSPS) is 11.4. The van der Waals surface area contributed by atoms with E-state index in [1.54, 1.807) is 0 Å². The van der Waals surface area contributed by atoms with E-state index in [1.807, 2.05) is 0 Å². The summed E-state index contributed by atoms with van der Waals surface area (Å²) >= 11 is 0. The third kappa shape index (κ3) is 3.33. The molecule has 0 atom stereocenters. The van der Waals surface area contributed by atoms with E-state index in [1.165, 1.54) is 29.9 Å². The van der Waals surface area contributed by atoms with Gasteiger partial charge in [0.2, 0.25) is 5.82 Å². The number of nitrogens with zero attached hydrogens (tertiary/aromatic N) is 2. The molecule has 0 unspecified atom stereocenters. The van der Waals surface area contributed by atoms with Crippen molar-refractivity contribution in [2.75, 3.05) is 0 Å². The SMILES string of the molecule is Cn1c(COc2ccc(C(F)(F)F)cc2)cnc1C(=O)O. The summed E-state index contributed by atoms with van der Waals surface area (Å²) in [5.74, 6) is -1.06. The molecule has 0 fully saturated rings. The van der Waals surface area contributed by atoms with Gasteiger partial charge in [0.15, 0.2) is 0 Å². The van der Waals surface area contributed by atoms with Gasteiger partial charge in [-0.3, -0.25) is 0 Å². The first-order valence-corrected chi connectivity index (χ1v) is 5.83. The predicted octanol–water partition coefficient (Wildman–Crippen LogP) is 2.72. The van der Waals surface area contributed by atoms with E-state index < -0.39 is 17.7 Å². The van der Waals surface area contributed by atoms with Gasteiger partial charge in [-0.25, -0.2) is 9.78 Å². The summed E-state index contributed by atoms with van der Waals surface area (Å²) < 4.78 is 43.8. The molecule has 0 amide bonds. The molecule has 2 rings (SSSR count). The van der Waals surface area contributed by atoms with E-state index in [0.29, 0.717) is 5.69 Å². The first-order valence-electron chi connectivity index (χ1n) is 5.83. The molecule has 1 N–H and O–H groups in total. The molecule has 0 aliphatic heterocycles. The second-order valence-corrected chi connectivity index (χ2v) is 4.25. The van der Waals surface area contributed by atoms with Crippen LogP contribution in [-0.2, 0) is 19.8 Å². The number of carboxylic acid groups (broad SMARTS) is 1. The summed E-state index contributed by atoms with van der Waals surface area (Å²) in [7, 11) is 1.52. The van der Waals surface area contributed by atoms with Gasteiger partial charge in [-0.05, 0) is 24.3 Å². The summed E-state index contributed by atoms with van der Waals surface area (Å²) in [6.45, 7) is 0.00213. The molecule has 1 aromatic heterocycles. The number of benzene rings is 1. The highest BCUT2D eigenvalue weighted by atomic mass is 19.4. The van der Waals surface area contributed by atoms with E-state index in [2.05, 4.69) is 4.98 Å². The second kappa shape index (κ2) is 5.47. The monoisotopic (exact) mass is 300 g/mol. The third-order valence-corrected chi connectivity index (χ3v) is 2.84. The molecule has 1 heterocycles. The molecular formula is C13H11F3N2O3. The van der Waals surface area contributed by atoms with Crippen LogP contribution in [0.3, 0.4) is 0 Å². The van der Waals surface area contributed by atoms with Crippen molar-refractivity contribution in [1.82, 2.24) is 9.55 Å². The topological polar surface area (TPSA) is 64.4 Å². The Kier molecular flexibility index (Phi) is 3.88. The number of alkyl halides is 3. The highest BCUT2D eigenvalue weighted by Gasteiger charge is 2.30. The average molecular weight is 300 g/mol. The molecule has 21 heavy (non-hydrogen) atoms. The van der Waals surface area contributed by atoms with Crippen molar-refractivity contribution in [2.24, 2.45) is 7.05 Å². The lowest BCUT2D eigenvalue weighted by atomic mass is 10.2. The molecule has 1 aromatic carbocycles. The highest BCUT2D eigenvalue weighted by molar-refractivity contribution is 5.83. The number of hydrogen-bond donors (Lipinski definition) is 1. The molecule has 0 aliphatic carbocycles. The fourth-order valence-electron chi connectivity index (χ4n) is 1.68. The first-order chi connectivity index (χ1) is 9.79. The predicted molar refractivity (Wildman–Crippen MR) is 65.9 cm³/mol. The number of aromatic nitrogens is 2. The van der Waals surface area contributed by atoms with Gasteiger partial charge in [0.25, 0.3) is 0 Å². The van der Waals surface area contributed by atoms with Crippen LogP contribution in [0.25, 0.3) is 0 Å². The van der Waals surface area contributed by atoms with Gasteiger partial charge in [0, 0.05) is 7.05 Å². The summed E-state index contributed by atoms with van der Waals surface area (Å²) in [5, 5.41) is 8.84. The number of hydrogen-bond acceptors (Lipinski definition) is 3. The Bertz CT molecular complexity index is 648. The fourth-order valence-corrected chi connectivity index (χ4v) is 1.68. The van der Waals surface area contributed by atoms with Crippen LogP contribution in [0.15, 0.2) is 30.5 Å². The van der Waals surface area contributed by atoms with E-state index in [-0.39, 0.29) is 18.2 Å². The smallest absolute Gasteiger partial charge is 0.416 e. The van der Waals surface area contributed by atoms with Gasteiger partial charge < -0.3 is 14.4 Å². The zero-order valence-corrected chi connectivity index (χ0v) is 10.9. The van der Waals surface area contributed by atoms with Crippen LogP contribution in [0, 0.1) is 0 Å². The molecule has 0 saturated carbocycles. The molecule has 8 heteroatoms. The van der Waals surface area contributed by atoms with Crippen molar-refractivity contribution in [3.8, 4) is 5.75 Å². The van der Waals surface area contributed by atoms with Gasteiger partial charge >= 0.3 is 12.1 Å². The van der Waals surface area contributed by atoms with Crippen LogP contribution in [0.2, 0.25) is 0 Å². The molecule has 0 aliphatic rings. The minimum absolute atomic E-state index is 0.00213. The van der Waals surface area contributed by atoms with Crippen LogP contribution in [0.1, 0.15) is 21.9 Å². The number of ether oxygens (including phenoxy) is 1. The van der Waals surface area contributed by atoms with E-state index in [9.17, 15) is 18.0 Å². The van der Waals surface area contributed by atoms with Gasteiger partial charge in [-0.1, -0.05) is 0 Å². The van der Waals surface area contributed by atoms with E-state index in [0.717, 1.165) is 12.1 Å². The lowest BCUT2D eigenvalue weighted by molar-refractivity contribution is -0.137. The van der Waals surface area contributed by atoms with Gasteiger partial charge in [-0.15, -0.1) is 0 Å². The molecule has 0 spiro atoms. The van der Waals surface area contributed by atoms with Gasteiger partial charge in [0.1, 0.15) is 12.4 Å². The maximum Gasteiger partial charge on any atom is 0.416 e. The number of carboxylic acids is 1.